The fourth-order valence-corrected chi connectivity index (χ4v) is 2.15. The summed E-state index contributed by atoms with van der Waals surface area (Å²) in [5, 5.41) is 11.7. The molecule has 1 aliphatic heterocycles. The van der Waals surface area contributed by atoms with E-state index in [0.717, 1.165) is 17.7 Å². The van der Waals surface area contributed by atoms with Crippen LogP contribution < -0.4 is 5.32 Å². The summed E-state index contributed by atoms with van der Waals surface area (Å²) in [5.41, 5.74) is 1.68. The summed E-state index contributed by atoms with van der Waals surface area (Å²) < 4.78 is 5.18. The van der Waals surface area contributed by atoms with Crippen LogP contribution in [0, 0.1) is 11.8 Å². The molecule has 1 heterocycles. The first kappa shape index (κ1) is 14.5. The van der Waals surface area contributed by atoms with Crippen LogP contribution in [0.4, 0.5) is 5.69 Å². The number of carboxylic acid groups (broad SMARTS) is 1. The SMILES string of the molecule is C[C@@H](Cc1ccc(NC(=O)[C@@H]2CCOC2)cc1)C(=O)O. The highest BCUT2D eigenvalue weighted by molar-refractivity contribution is 5.92. The van der Waals surface area contributed by atoms with E-state index in [9.17, 15) is 9.59 Å². The average molecular weight is 277 g/mol. The lowest BCUT2D eigenvalue weighted by atomic mass is 10.0. The van der Waals surface area contributed by atoms with Crippen LogP contribution in [0.3, 0.4) is 0 Å². The molecule has 2 atom stereocenters. The van der Waals surface area contributed by atoms with Crippen molar-refractivity contribution in [3.05, 3.63) is 29.8 Å². The Labute approximate surface area is 117 Å². The monoisotopic (exact) mass is 277 g/mol. The van der Waals surface area contributed by atoms with Gasteiger partial charge in [-0.15, -0.1) is 0 Å². The van der Waals surface area contributed by atoms with E-state index >= 15 is 0 Å². The number of nitrogens with one attached hydrogen (secondary N) is 1. The predicted molar refractivity (Wildman–Crippen MR) is 74.5 cm³/mol. The third-order valence-electron chi connectivity index (χ3n) is 3.49. The van der Waals surface area contributed by atoms with Crippen LogP contribution in [-0.2, 0) is 20.7 Å². The first-order valence-electron chi connectivity index (χ1n) is 6.76. The summed E-state index contributed by atoms with van der Waals surface area (Å²) in [6.07, 6.45) is 1.25. The number of rotatable bonds is 5. The van der Waals surface area contributed by atoms with Crippen molar-refractivity contribution in [1.29, 1.82) is 0 Å². The average Bonchev–Trinajstić information content (AvgIpc) is 2.95. The number of amides is 1. The second kappa shape index (κ2) is 6.52. The molecule has 0 saturated carbocycles. The van der Waals surface area contributed by atoms with E-state index in [2.05, 4.69) is 5.32 Å². The zero-order chi connectivity index (χ0) is 14.5. The summed E-state index contributed by atoms with van der Waals surface area (Å²) in [6, 6.07) is 7.30. The molecule has 0 spiro atoms. The maximum Gasteiger partial charge on any atom is 0.306 e. The van der Waals surface area contributed by atoms with Crippen molar-refractivity contribution in [3.8, 4) is 0 Å². The molecule has 0 radical (unpaired) electrons. The molecule has 5 nitrogen and oxygen atoms in total. The molecule has 1 saturated heterocycles. The van der Waals surface area contributed by atoms with Crippen molar-refractivity contribution in [1.82, 2.24) is 0 Å². The maximum absolute atomic E-state index is 11.9. The lowest BCUT2D eigenvalue weighted by molar-refractivity contribution is -0.141. The molecule has 1 aliphatic rings. The third-order valence-corrected chi connectivity index (χ3v) is 3.49. The van der Waals surface area contributed by atoms with Crippen LogP contribution in [0.1, 0.15) is 18.9 Å². The van der Waals surface area contributed by atoms with Crippen molar-refractivity contribution in [2.75, 3.05) is 18.5 Å². The van der Waals surface area contributed by atoms with E-state index in [0.29, 0.717) is 19.6 Å². The van der Waals surface area contributed by atoms with Gasteiger partial charge in [0.25, 0.3) is 0 Å². The van der Waals surface area contributed by atoms with Crippen LogP contribution in [0.5, 0.6) is 0 Å². The Morgan fingerprint density at radius 1 is 1.40 bits per heavy atom. The summed E-state index contributed by atoms with van der Waals surface area (Å²) >= 11 is 0. The van der Waals surface area contributed by atoms with Gasteiger partial charge < -0.3 is 15.2 Å². The molecule has 1 amide bonds. The highest BCUT2D eigenvalue weighted by Crippen LogP contribution is 2.17. The Hall–Kier alpha value is -1.88. The van der Waals surface area contributed by atoms with E-state index in [4.69, 9.17) is 9.84 Å². The van der Waals surface area contributed by atoms with Crippen LogP contribution in [0.25, 0.3) is 0 Å². The number of benzene rings is 1. The normalized spacial score (nSPS) is 19.6. The van der Waals surface area contributed by atoms with Gasteiger partial charge in [0.1, 0.15) is 0 Å². The zero-order valence-corrected chi connectivity index (χ0v) is 11.5. The molecular weight excluding hydrogens is 258 g/mol. The second-order valence-electron chi connectivity index (χ2n) is 5.19. The Balaban J connectivity index is 1.91. The van der Waals surface area contributed by atoms with E-state index < -0.39 is 11.9 Å². The topological polar surface area (TPSA) is 75.6 Å². The zero-order valence-electron chi connectivity index (χ0n) is 11.5. The molecule has 1 aromatic carbocycles. The standard InChI is InChI=1S/C15H19NO4/c1-10(15(18)19)8-11-2-4-13(5-3-11)16-14(17)12-6-7-20-9-12/h2-5,10,12H,6-9H2,1H3,(H,16,17)(H,18,19)/t10-,12+/m0/s1. The van der Waals surface area contributed by atoms with E-state index in [1.54, 1.807) is 19.1 Å². The summed E-state index contributed by atoms with van der Waals surface area (Å²) in [6.45, 7) is 2.81. The fourth-order valence-electron chi connectivity index (χ4n) is 2.15. The van der Waals surface area contributed by atoms with Gasteiger partial charge in [0.2, 0.25) is 5.91 Å². The van der Waals surface area contributed by atoms with Crippen molar-refractivity contribution in [3.63, 3.8) is 0 Å². The lowest BCUT2D eigenvalue weighted by Crippen LogP contribution is -2.22. The minimum atomic E-state index is -0.802. The number of aliphatic carboxylic acids is 1. The van der Waals surface area contributed by atoms with Crippen molar-refractivity contribution < 1.29 is 19.4 Å². The van der Waals surface area contributed by atoms with Gasteiger partial charge in [0.15, 0.2) is 0 Å². The highest BCUT2D eigenvalue weighted by atomic mass is 16.5. The molecule has 0 aromatic heterocycles. The largest absolute Gasteiger partial charge is 0.481 e. The third kappa shape index (κ3) is 3.81. The Kier molecular flexibility index (Phi) is 4.74. The summed E-state index contributed by atoms with van der Waals surface area (Å²) in [7, 11) is 0. The molecule has 5 heteroatoms. The smallest absolute Gasteiger partial charge is 0.306 e. The second-order valence-corrected chi connectivity index (χ2v) is 5.19. The number of carboxylic acids is 1. The van der Waals surface area contributed by atoms with Crippen LogP contribution in [0.15, 0.2) is 24.3 Å². The van der Waals surface area contributed by atoms with Gasteiger partial charge in [-0.1, -0.05) is 19.1 Å². The number of ether oxygens (including phenoxy) is 1. The minimum Gasteiger partial charge on any atom is -0.481 e. The lowest BCUT2D eigenvalue weighted by Gasteiger charge is -2.10. The number of anilines is 1. The van der Waals surface area contributed by atoms with Gasteiger partial charge in [-0.3, -0.25) is 9.59 Å². The molecule has 108 valence electrons. The van der Waals surface area contributed by atoms with Crippen molar-refractivity contribution >= 4 is 17.6 Å². The van der Waals surface area contributed by atoms with Gasteiger partial charge in [0.05, 0.1) is 18.4 Å². The van der Waals surface area contributed by atoms with E-state index in [1.165, 1.54) is 0 Å². The Morgan fingerprint density at radius 2 is 2.10 bits per heavy atom. The summed E-state index contributed by atoms with van der Waals surface area (Å²) in [4.78, 5) is 22.7. The number of carbonyl (C=O) groups is 2. The van der Waals surface area contributed by atoms with Crippen LogP contribution in [0.2, 0.25) is 0 Å². The number of hydrogen-bond acceptors (Lipinski definition) is 3. The van der Waals surface area contributed by atoms with Gasteiger partial charge in [-0.2, -0.15) is 0 Å². The molecule has 2 rings (SSSR count). The highest BCUT2D eigenvalue weighted by Gasteiger charge is 2.23. The Bertz CT molecular complexity index is 477. The van der Waals surface area contributed by atoms with E-state index in [-0.39, 0.29) is 11.8 Å². The van der Waals surface area contributed by atoms with Gasteiger partial charge in [-0.25, -0.2) is 0 Å². The Morgan fingerprint density at radius 3 is 2.65 bits per heavy atom. The quantitative estimate of drug-likeness (QED) is 0.862. The molecule has 2 N–H and O–H groups in total. The number of carbonyl (C=O) groups excluding carboxylic acids is 1. The minimum absolute atomic E-state index is 0.0193. The molecule has 20 heavy (non-hydrogen) atoms. The van der Waals surface area contributed by atoms with Crippen molar-refractivity contribution in [2.45, 2.75) is 19.8 Å². The molecule has 0 bridgehead atoms. The van der Waals surface area contributed by atoms with Crippen LogP contribution in [-0.4, -0.2) is 30.2 Å². The fraction of sp³-hybridized carbons (Fsp3) is 0.467. The molecule has 1 aromatic rings. The first-order valence-corrected chi connectivity index (χ1v) is 6.76. The van der Waals surface area contributed by atoms with Crippen molar-refractivity contribution in [2.24, 2.45) is 11.8 Å². The molecule has 0 aliphatic carbocycles. The molecule has 1 fully saturated rings. The van der Waals surface area contributed by atoms with Gasteiger partial charge in [0, 0.05) is 12.3 Å². The van der Waals surface area contributed by atoms with Gasteiger partial charge in [-0.05, 0) is 30.5 Å². The van der Waals surface area contributed by atoms with Crippen LogP contribution >= 0.6 is 0 Å². The predicted octanol–water partition coefficient (Wildman–Crippen LogP) is 1.92. The number of hydrogen-bond donors (Lipinski definition) is 2. The molecular formula is C15H19NO4. The van der Waals surface area contributed by atoms with Gasteiger partial charge >= 0.3 is 5.97 Å². The van der Waals surface area contributed by atoms with E-state index in [1.807, 2.05) is 12.1 Å². The first-order chi connectivity index (χ1) is 9.56. The summed E-state index contributed by atoms with van der Waals surface area (Å²) in [5.74, 6) is -1.30. The molecule has 0 unspecified atom stereocenters. The maximum atomic E-state index is 11.9.